The molecule has 1 saturated carbocycles. The van der Waals surface area contributed by atoms with Crippen LogP contribution in [0.25, 0.3) is 4.96 Å². The monoisotopic (exact) mass is 307 g/mol. The van der Waals surface area contributed by atoms with Crippen LogP contribution in [0.1, 0.15) is 36.0 Å². The predicted octanol–water partition coefficient (Wildman–Crippen LogP) is 1.04. The summed E-state index contributed by atoms with van der Waals surface area (Å²) in [7, 11) is 0. The van der Waals surface area contributed by atoms with Crippen LogP contribution in [0.15, 0.2) is 22.6 Å². The molecule has 0 radical (unpaired) electrons. The number of carbonyl (C=O) groups excluding carboxylic acids is 1. The first-order valence-corrected chi connectivity index (χ1v) is 7.95. The Bertz CT molecular complexity index is 709. The van der Waals surface area contributed by atoms with Crippen molar-refractivity contribution in [2.45, 2.75) is 31.7 Å². The molecule has 1 amide bonds. The Kier molecular flexibility index (Phi) is 4.03. The number of fused-ring (bicyclic) bond motifs is 1. The topological polar surface area (TPSA) is 83.7 Å². The molecule has 2 atom stereocenters. The molecule has 0 aromatic carbocycles. The summed E-state index contributed by atoms with van der Waals surface area (Å²) in [5, 5.41) is 14.0. The molecule has 0 saturated heterocycles. The Morgan fingerprint density at radius 1 is 1.48 bits per heavy atom. The number of aliphatic hydroxyl groups is 1. The minimum absolute atomic E-state index is 0.0492. The number of hydrogen-bond donors (Lipinski definition) is 2. The summed E-state index contributed by atoms with van der Waals surface area (Å²) in [4.78, 5) is 29.3. The van der Waals surface area contributed by atoms with Crippen molar-refractivity contribution in [2.24, 2.45) is 5.92 Å². The first-order valence-electron chi connectivity index (χ1n) is 7.07. The van der Waals surface area contributed by atoms with Crippen molar-refractivity contribution < 1.29 is 9.90 Å². The van der Waals surface area contributed by atoms with Crippen LogP contribution in [0.4, 0.5) is 0 Å². The molecule has 2 aromatic rings. The average Bonchev–Trinajstić information content (AvgIpc) is 2.97. The molecule has 2 aromatic heterocycles. The van der Waals surface area contributed by atoms with Gasteiger partial charge in [0.2, 0.25) is 0 Å². The van der Waals surface area contributed by atoms with E-state index in [1.54, 1.807) is 11.6 Å². The maximum absolute atomic E-state index is 12.3. The fourth-order valence-corrected chi connectivity index (χ4v) is 3.52. The van der Waals surface area contributed by atoms with Crippen LogP contribution in [-0.4, -0.2) is 33.0 Å². The Morgan fingerprint density at radius 2 is 2.29 bits per heavy atom. The van der Waals surface area contributed by atoms with E-state index in [1.165, 1.54) is 21.9 Å². The van der Waals surface area contributed by atoms with Gasteiger partial charge in [-0.3, -0.25) is 14.0 Å². The van der Waals surface area contributed by atoms with Gasteiger partial charge in [-0.05, 0) is 12.8 Å². The third kappa shape index (κ3) is 2.71. The molecule has 7 heteroatoms. The van der Waals surface area contributed by atoms with Crippen LogP contribution < -0.4 is 10.9 Å². The second-order valence-corrected chi connectivity index (χ2v) is 6.21. The van der Waals surface area contributed by atoms with Crippen molar-refractivity contribution in [1.29, 1.82) is 0 Å². The lowest BCUT2D eigenvalue weighted by Gasteiger charge is -2.30. The van der Waals surface area contributed by atoms with E-state index in [0.29, 0.717) is 4.96 Å². The first kappa shape index (κ1) is 14.2. The molecule has 6 nitrogen and oxygen atoms in total. The van der Waals surface area contributed by atoms with Crippen LogP contribution in [0.5, 0.6) is 0 Å². The number of nitrogens with zero attached hydrogens (tertiary/aromatic N) is 2. The Balaban J connectivity index is 1.83. The number of hydrogen-bond acceptors (Lipinski definition) is 5. The molecule has 1 aliphatic rings. The van der Waals surface area contributed by atoms with E-state index in [1.807, 2.05) is 0 Å². The molecule has 2 unspecified atom stereocenters. The first-order chi connectivity index (χ1) is 10.2. The highest BCUT2D eigenvalue weighted by Gasteiger charge is 2.27. The minimum Gasteiger partial charge on any atom is -0.396 e. The normalized spacial score (nSPS) is 22.3. The second kappa shape index (κ2) is 5.95. The van der Waals surface area contributed by atoms with Crippen LogP contribution in [0.3, 0.4) is 0 Å². The Morgan fingerprint density at radius 3 is 3.10 bits per heavy atom. The largest absolute Gasteiger partial charge is 0.396 e. The van der Waals surface area contributed by atoms with Crippen molar-refractivity contribution >= 4 is 22.2 Å². The number of thiazole rings is 1. The van der Waals surface area contributed by atoms with Crippen molar-refractivity contribution in [3.8, 4) is 0 Å². The zero-order valence-corrected chi connectivity index (χ0v) is 12.3. The molecule has 3 rings (SSSR count). The van der Waals surface area contributed by atoms with Crippen LogP contribution in [0, 0.1) is 5.92 Å². The van der Waals surface area contributed by atoms with Gasteiger partial charge in [-0.2, -0.15) is 0 Å². The highest BCUT2D eigenvalue weighted by atomic mass is 32.1. The van der Waals surface area contributed by atoms with E-state index in [4.69, 9.17) is 0 Å². The summed E-state index contributed by atoms with van der Waals surface area (Å²) in [6, 6.07) is -0.0705. The van der Waals surface area contributed by atoms with Crippen molar-refractivity contribution in [2.75, 3.05) is 6.61 Å². The highest BCUT2D eigenvalue weighted by Crippen LogP contribution is 2.24. The van der Waals surface area contributed by atoms with Crippen LogP contribution >= 0.6 is 11.3 Å². The van der Waals surface area contributed by atoms with Crippen molar-refractivity contribution in [1.82, 2.24) is 14.7 Å². The standard InChI is InChI=1S/C14H17N3O3S/c18-8-9-3-1-2-4-11(9)16-12(19)10-7-15-14-17(13(10)20)5-6-21-14/h5-7,9,11,18H,1-4,8H2,(H,16,19). The van der Waals surface area contributed by atoms with Crippen molar-refractivity contribution in [3.63, 3.8) is 0 Å². The SMILES string of the molecule is O=C(NC1CCCCC1CO)c1cnc2sccn2c1=O. The maximum atomic E-state index is 12.3. The highest BCUT2D eigenvalue weighted by molar-refractivity contribution is 7.15. The fourth-order valence-electron chi connectivity index (χ4n) is 2.84. The van der Waals surface area contributed by atoms with E-state index in [-0.39, 0.29) is 29.7 Å². The number of amides is 1. The number of carbonyl (C=O) groups is 1. The van der Waals surface area contributed by atoms with Crippen LogP contribution in [0.2, 0.25) is 0 Å². The van der Waals surface area contributed by atoms with E-state index in [9.17, 15) is 14.7 Å². The lowest BCUT2D eigenvalue weighted by atomic mass is 9.85. The zero-order valence-electron chi connectivity index (χ0n) is 11.5. The number of nitrogens with one attached hydrogen (secondary N) is 1. The molecule has 0 spiro atoms. The minimum atomic E-state index is -0.404. The van der Waals surface area contributed by atoms with E-state index in [2.05, 4.69) is 10.3 Å². The molecular weight excluding hydrogens is 290 g/mol. The average molecular weight is 307 g/mol. The van der Waals surface area contributed by atoms with Crippen LogP contribution in [-0.2, 0) is 0 Å². The number of aliphatic hydroxyl groups excluding tert-OH is 1. The summed E-state index contributed by atoms with van der Waals surface area (Å²) in [6.07, 6.45) is 6.79. The van der Waals surface area contributed by atoms with Gasteiger partial charge in [-0.25, -0.2) is 4.98 Å². The number of aromatic nitrogens is 2. The van der Waals surface area contributed by atoms with Gasteiger partial charge in [0.15, 0.2) is 4.96 Å². The van der Waals surface area contributed by atoms with E-state index < -0.39 is 5.91 Å². The van der Waals surface area contributed by atoms with Gasteiger partial charge in [0, 0.05) is 36.3 Å². The molecule has 1 aliphatic carbocycles. The van der Waals surface area contributed by atoms with Gasteiger partial charge >= 0.3 is 0 Å². The third-order valence-corrected chi connectivity index (χ3v) is 4.82. The van der Waals surface area contributed by atoms with Gasteiger partial charge < -0.3 is 10.4 Å². The summed E-state index contributed by atoms with van der Waals surface area (Å²) in [6.45, 7) is 0.0613. The lowest BCUT2D eigenvalue weighted by Crippen LogP contribution is -2.45. The Labute approximate surface area is 125 Å². The van der Waals surface area contributed by atoms with Gasteiger partial charge in [-0.1, -0.05) is 12.8 Å². The summed E-state index contributed by atoms with van der Waals surface area (Å²) in [5.74, 6) is -0.332. The molecule has 0 aliphatic heterocycles. The van der Waals surface area contributed by atoms with Gasteiger partial charge in [0.05, 0.1) is 0 Å². The molecule has 2 N–H and O–H groups in total. The summed E-state index contributed by atoms with van der Waals surface area (Å²) in [5.41, 5.74) is -0.303. The van der Waals surface area contributed by atoms with E-state index >= 15 is 0 Å². The predicted molar refractivity (Wildman–Crippen MR) is 79.6 cm³/mol. The Hall–Kier alpha value is -1.73. The summed E-state index contributed by atoms with van der Waals surface area (Å²) >= 11 is 1.35. The molecule has 112 valence electrons. The molecular formula is C14H17N3O3S. The third-order valence-electron chi connectivity index (χ3n) is 4.05. The summed E-state index contributed by atoms with van der Waals surface area (Å²) < 4.78 is 1.38. The van der Waals surface area contributed by atoms with Gasteiger partial charge in [0.25, 0.3) is 11.5 Å². The molecule has 0 bridgehead atoms. The maximum Gasteiger partial charge on any atom is 0.271 e. The fraction of sp³-hybridized carbons (Fsp3) is 0.500. The number of rotatable bonds is 3. The molecule has 21 heavy (non-hydrogen) atoms. The van der Waals surface area contributed by atoms with Gasteiger partial charge in [-0.15, -0.1) is 11.3 Å². The van der Waals surface area contributed by atoms with E-state index in [0.717, 1.165) is 25.7 Å². The van der Waals surface area contributed by atoms with Crippen molar-refractivity contribution in [3.05, 3.63) is 33.7 Å². The lowest BCUT2D eigenvalue weighted by molar-refractivity contribution is 0.0870. The quantitative estimate of drug-likeness (QED) is 0.887. The van der Waals surface area contributed by atoms with Gasteiger partial charge in [0.1, 0.15) is 5.56 Å². The molecule has 2 heterocycles. The smallest absolute Gasteiger partial charge is 0.271 e. The second-order valence-electron chi connectivity index (χ2n) is 5.34. The zero-order chi connectivity index (χ0) is 14.8. The molecule has 1 fully saturated rings.